The third kappa shape index (κ3) is 2.05. The summed E-state index contributed by atoms with van der Waals surface area (Å²) in [6, 6.07) is 17.8. The average molecular weight is 298 g/mol. The third-order valence-corrected chi connectivity index (χ3v) is 5.89. The average Bonchev–Trinajstić information content (AvgIpc) is 2.73. The van der Waals surface area contributed by atoms with Gasteiger partial charge in [0.05, 0.1) is 10.8 Å². The number of hydrogen-bond donors (Lipinski definition) is 0. The van der Waals surface area contributed by atoms with E-state index in [0.29, 0.717) is 0 Å². The molecule has 1 heterocycles. The monoisotopic (exact) mass is 298 g/mol. The highest BCUT2D eigenvalue weighted by Crippen LogP contribution is 2.48. The Kier molecular flexibility index (Phi) is 3.29. The van der Waals surface area contributed by atoms with Crippen molar-refractivity contribution in [3.8, 4) is 0 Å². The fourth-order valence-corrected chi connectivity index (χ4v) is 4.45. The second-order valence-electron chi connectivity index (χ2n) is 5.74. The maximum Gasteiger partial charge on any atom is 0.208 e. The number of benzene rings is 2. The summed E-state index contributed by atoms with van der Waals surface area (Å²) < 4.78 is 13.2. The maximum atomic E-state index is 13.2. The van der Waals surface area contributed by atoms with Gasteiger partial charge in [-0.25, -0.2) is 0 Å². The van der Waals surface area contributed by atoms with E-state index in [2.05, 4.69) is 10.2 Å². The quantitative estimate of drug-likeness (QED) is 0.821. The second-order valence-corrected chi connectivity index (χ2v) is 7.87. The van der Waals surface area contributed by atoms with E-state index in [4.69, 9.17) is 0 Å². The van der Waals surface area contributed by atoms with Crippen LogP contribution < -0.4 is 0 Å². The highest BCUT2D eigenvalue weighted by atomic mass is 32.2. The predicted molar refractivity (Wildman–Crippen MR) is 85.5 cm³/mol. The van der Waals surface area contributed by atoms with Crippen LogP contribution in [-0.2, 0) is 15.7 Å². The lowest BCUT2D eigenvalue weighted by Gasteiger charge is -2.28. The standard InChI is InChI=1S/C17H18N2OS/c1-13-9-7-8-12-15(13)17(14-10-5-4-6-11-14)19-18-16(2,3)21(17)20/h4-12H,1-3H3/t17-,21-/m0/s1. The molecule has 108 valence electrons. The molecule has 0 fully saturated rings. The van der Waals surface area contributed by atoms with Crippen LogP contribution >= 0.6 is 0 Å². The van der Waals surface area contributed by atoms with Crippen molar-refractivity contribution in [2.75, 3.05) is 0 Å². The molecule has 2 aromatic carbocycles. The zero-order chi connectivity index (χ0) is 15.1. The molecule has 0 spiro atoms. The van der Waals surface area contributed by atoms with Gasteiger partial charge in [0.15, 0.2) is 4.87 Å². The summed E-state index contributed by atoms with van der Waals surface area (Å²) in [5, 5.41) is 8.85. The van der Waals surface area contributed by atoms with Gasteiger partial charge in [0.2, 0.25) is 4.87 Å². The molecule has 0 amide bonds. The first kappa shape index (κ1) is 14.1. The van der Waals surface area contributed by atoms with E-state index in [0.717, 1.165) is 16.7 Å². The first-order chi connectivity index (χ1) is 9.98. The third-order valence-electron chi connectivity index (χ3n) is 3.83. The minimum Gasteiger partial charge on any atom is -0.254 e. The van der Waals surface area contributed by atoms with E-state index in [1.165, 1.54) is 0 Å². The molecule has 4 heteroatoms. The summed E-state index contributed by atoms with van der Waals surface area (Å²) in [6.45, 7) is 5.77. The molecule has 2 aromatic rings. The molecule has 2 atom stereocenters. The number of rotatable bonds is 2. The lowest BCUT2D eigenvalue weighted by Crippen LogP contribution is -2.36. The van der Waals surface area contributed by atoms with Gasteiger partial charge in [-0.15, -0.1) is 0 Å². The van der Waals surface area contributed by atoms with Crippen molar-refractivity contribution in [1.29, 1.82) is 0 Å². The molecule has 0 saturated carbocycles. The van der Waals surface area contributed by atoms with Crippen LogP contribution in [0, 0.1) is 6.92 Å². The summed E-state index contributed by atoms with van der Waals surface area (Å²) >= 11 is 0. The predicted octanol–water partition coefficient (Wildman–Crippen LogP) is 4.15. The number of nitrogens with zero attached hydrogens (tertiary/aromatic N) is 2. The summed E-state index contributed by atoms with van der Waals surface area (Å²) in [4.78, 5) is -1.59. The molecule has 3 rings (SSSR count). The Labute approximate surface area is 127 Å². The van der Waals surface area contributed by atoms with E-state index in [9.17, 15) is 4.21 Å². The van der Waals surface area contributed by atoms with Crippen molar-refractivity contribution < 1.29 is 4.21 Å². The molecular weight excluding hydrogens is 280 g/mol. The Morgan fingerprint density at radius 3 is 2.10 bits per heavy atom. The summed E-state index contributed by atoms with van der Waals surface area (Å²) in [7, 11) is -1.28. The van der Waals surface area contributed by atoms with Crippen molar-refractivity contribution in [3.63, 3.8) is 0 Å². The molecule has 0 bridgehead atoms. The van der Waals surface area contributed by atoms with Gasteiger partial charge in [-0.2, -0.15) is 10.2 Å². The topological polar surface area (TPSA) is 41.8 Å². The van der Waals surface area contributed by atoms with E-state index in [-0.39, 0.29) is 0 Å². The Morgan fingerprint density at radius 1 is 0.905 bits per heavy atom. The van der Waals surface area contributed by atoms with Crippen molar-refractivity contribution in [1.82, 2.24) is 0 Å². The molecule has 0 N–H and O–H groups in total. The molecule has 1 aliphatic heterocycles. The van der Waals surface area contributed by atoms with Crippen molar-refractivity contribution in [2.45, 2.75) is 30.5 Å². The minimum absolute atomic E-state index is 0.682. The van der Waals surface area contributed by atoms with Gasteiger partial charge in [-0.1, -0.05) is 54.6 Å². The van der Waals surface area contributed by atoms with E-state index in [1.54, 1.807) is 0 Å². The lowest BCUT2D eigenvalue weighted by atomic mass is 9.95. The van der Waals surface area contributed by atoms with Gasteiger partial charge in [0, 0.05) is 5.56 Å². The highest BCUT2D eigenvalue weighted by molar-refractivity contribution is 7.87. The van der Waals surface area contributed by atoms with Crippen LogP contribution in [0.15, 0.2) is 64.8 Å². The van der Waals surface area contributed by atoms with Gasteiger partial charge < -0.3 is 0 Å². The number of aryl methyl sites for hydroxylation is 1. The number of azo groups is 1. The van der Waals surface area contributed by atoms with Crippen molar-refractivity contribution in [2.24, 2.45) is 10.2 Å². The SMILES string of the molecule is Cc1ccccc1[C@@]1(c2ccccc2)N=NC(C)(C)[S@@]1=O. The van der Waals surface area contributed by atoms with Crippen LogP contribution in [0.5, 0.6) is 0 Å². The molecular formula is C17H18N2OS. The van der Waals surface area contributed by atoms with Gasteiger partial charge in [-0.3, -0.25) is 4.21 Å². The zero-order valence-electron chi connectivity index (χ0n) is 12.4. The molecule has 0 aromatic heterocycles. The molecule has 0 aliphatic carbocycles. The fourth-order valence-electron chi connectivity index (χ4n) is 2.72. The Morgan fingerprint density at radius 2 is 1.52 bits per heavy atom. The highest BCUT2D eigenvalue weighted by Gasteiger charge is 2.53. The second kappa shape index (κ2) is 4.88. The van der Waals surface area contributed by atoms with Crippen molar-refractivity contribution >= 4 is 10.8 Å². The Balaban J connectivity index is 2.31. The van der Waals surface area contributed by atoms with Gasteiger partial charge in [0.25, 0.3) is 0 Å². The van der Waals surface area contributed by atoms with Crippen LogP contribution in [0.3, 0.4) is 0 Å². The first-order valence-electron chi connectivity index (χ1n) is 6.96. The van der Waals surface area contributed by atoms with Crippen LogP contribution in [0.2, 0.25) is 0 Å². The smallest absolute Gasteiger partial charge is 0.208 e. The van der Waals surface area contributed by atoms with Gasteiger partial charge in [-0.05, 0) is 31.9 Å². The Hall–Kier alpha value is -1.81. The summed E-state index contributed by atoms with van der Waals surface area (Å²) in [5.74, 6) is 0. The van der Waals surface area contributed by atoms with Gasteiger partial charge >= 0.3 is 0 Å². The molecule has 0 unspecified atom stereocenters. The summed E-state index contributed by atoms with van der Waals surface area (Å²) in [6.07, 6.45) is 0. The molecule has 3 nitrogen and oxygen atoms in total. The van der Waals surface area contributed by atoms with Crippen LogP contribution in [0.1, 0.15) is 30.5 Å². The van der Waals surface area contributed by atoms with E-state index >= 15 is 0 Å². The first-order valence-corrected chi connectivity index (χ1v) is 8.11. The molecule has 21 heavy (non-hydrogen) atoms. The largest absolute Gasteiger partial charge is 0.254 e. The van der Waals surface area contributed by atoms with E-state index < -0.39 is 20.5 Å². The maximum absolute atomic E-state index is 13.2. The van der Waals surface area contributed by atoms with Gasteiger partial charge in [0.1, 0.15) is 0 Å². The zero-order valence-corrected chi connectivity index (χ0v) is 13.2. The minimum atomic E-state index is -1.28. The van der Waals surface area contributed by atoms with Crippen LogP contribution in [0.4, 0.5) is 0 Å². The number of hydrogen-bond acceptors (Lipinski definition) is 3. The Bertz CT molecular complexity index is 725. The van der Waals surface area contributed by atoms with Crippen LogP contribution in [0.25, 0.3) is 0 Å². The summed E-state index contributed by atoms with van der Waals surface area (Å²) in [5.41, 5.74) is 2.96. The van der Waals surface area contributed by atoms with Crippen molar-refractivity contribution in [3.05, 3.63) is 71.3 Å². The van der Waals surface area contributed by atoms with Crippen LogP contribution in [-0.4, -0.2) is 9.08 Å². The molecule has 1 aliphatic rings. The normalized spacial score (nSPS) is 26.9. The molecule has 0 saturated heterocycles. The van der Waals surface area contributed by atoms with E-state index in [1.807, 2.05) is 75.4 Å². The fraction of sp³-hybridized carbons (Fsp3) is 0.294. The molecule has 0 radical (unpaired) electrons. The lowest BCUT2D eigenvalue weighted by molar-refractivity contribution is 0.638.